The summed E-state index contributed by atoms with van der Waals surface area (Å²) < 4.78 is 29.6. The summed E-state index contributed by atoms with van der Waals surface area (Å²) in [5.41, 5.74) is 0.583. The molecule has 5 heteroatoms. The third kappa shape index (κ3) is 4.44. The first-order valence-electron chi connectivity index (χ1n) is 5.40. The van der Waals surface area contributed by atoms with Crippen molar-refractivity contribution >= 4 is 10.8 Å². The molecule has 3 nitrogen and oxygen atoms in total. The fourth-order valence-electron chi connectivity index (χ4n) is 1.33. The smallest absolute Gasteiger partial charge is 0.131 e. The largest absolute Gasteiger partial charge is 0.497 e. The van der Waals surface area contributed by atoms with Crippen LogP contribution in [0.25, 0.3) is 0 Å². The van der Waals surface area contributed by atoms with E-state index in [1.165, 1.54) is 13.2 Å². The second-order valence-electron chi connectivity index (χ2n) is 3.90. The van der Waals surface area contributed by atoms with Crippen molar-refractivity contribution in [1.29, 1.82) is 0 Å². The minimum Gasteiger partial charge on any atom is -0.497 e. The minimum absolute atomic E-state index is 0.0660. The third-order valence-corrected chi connectivity index (χ3v) is 3.87. The third-order valence-electron chi connectivity index (χ3n) is 2.57. The molecule has 0 aliphatic heterocycles. The maximum atomic E-state index is 13.5. The van der Waals surface area contributed by atoms with Gasteiger partial charge in [-0.25, -0.2) is 4.39 Å². The standard InChI is InChI=1S/C12H18FNO2S/c1-9(17(3)15)7-14-8-10-4-5-11(16-2)6-12(10)13/h4-6,9,14H,7-8H2,1-3H3. The monoisotopic (exact) mass is 259 g/mol. The zero-order chi connectivity index (χ0) is 12.8. The summed E-state index contributed by atoms with van der Waals surface area (Å²) in [6.07, 6.45) is 1.67. The highest BCUT2D eigenvalue weighted by Gasteiger charge is 2.07. The Labute approximate surface area is 104 Å². The molecule has 96 valence electrons. The van der Waals surface area contributed by atoms with Crippen LogP contribution in [0.15, 0.2) is 18.2 Å². The van der Waals surface area contributed by atoms with E-state index in [1.807, 2.05) is 6.92 Å². The molecule has 0 bridgehead atoms. The number of hydrogen-bond acceptors (Lipinski definition) is 3. The lowest BCUT2D eigenvalue weighted by atomic mass is 10.2. The molecule has 17 heavy (non-hydrogen) atoms. The van der Waals surface area contributed by atoms with Crippen LogP contribution < -0.4 is 10.1 Å². The van der Waals surface area contributed by atoms with E-state index in [9.17, 15) is 8.60 Å². The lowest BCUT2D eigenvalue weighted by Crippen LogP contribution is -2.27. The van der Waals surface area contributed by atoms with Crippen LogP contribution in [0.1, 0.15) is 12.5 Å². The molecule has 0 spiro atoms. The number of hydrogen-bond donors (Lipinski definition) is 1. The number of benzene rings is 1. The van der Waals surface area contributed by atoms with Gasteiger partial charge in [-0.2, -0.15) is 0 Å². The first kappa shape index (κ1) is 14.1. The Morgan fingerprint density at radius 1 is 1.53 bits per heavy atom. The fourth-order valence-corrected chi connectivity index (χ4v) is 1.68. The number of halogens is 1. The summed E-state index contributed by atoms with van der Waals surface area (Å²) in [4.78, 5) is 0. The summed E-state index contributed by atoms with van der Waals surface area (Å²) in [5.74, 6) is 0.219. The molecule has 0 radical (unpaired) electrons. The van der Waals surface area contributed by atoms with Gasteiger partial charge in [-0.1, -0.05) is 6.07 Å². The van der Waals surface area contributed by atoms with Crippen molar-refractivity contribution in [1.82, 2.24) is 5.32 Å². The summed E-state index contributed by atoms with van der Waals surface area (Å²) in [7, 11) is 0.650. The molecule has 1 rings (SSSR count). The van der Waals surface area contributed by atoms with Gasteiger partial charge in [-0.05, 0) is 13.0 Å². The average Bonchev–Trinajstić information content (AvgIpc) is 2.30. The molecule has 1 aromatic rings. The predicted octanol–water partition coefficient (Wildman–Crippen LogP) is 1.69. The molecule has 1 N–H and O–H groups in total. The van der Waals surface area contributed by atoms with Crippen LogP contribution in [-0.4, -0.2) is 29.4 Å². The number of rotatable bonds is 6. The summed E-state index contributed by atoms with van der Waals surface area (Å²) in [6, 6.07) is 4.77. The van der Waals surface area contributed by atoms with E-state index in [2.05, 4.69) is 5.32 Å². The molecule has 2 unspecified atom stereocenters. The van der Waals surface area contributed by atoms with Gasteiger partial charge in [0.25, 0.3) is 0 Å². The van der Waals surface area contributed by atoms with Gasteiger partial charge < -0.3 is 10.1 Å². The zero-order valence-corrected chi connectivity index (χ0v) is 11.1. The Morgan fingerprint density at radius 2 is 2.24 bits per heavy atom. The quantitative estimate of drug-likeness (QED) is 0.845. The number of methoxy groups -OCH3 is 1. The second-order valence-corrected chi connectivity index (χ2v) is 5.70. The first-order chi connectivity index (χ1) is 8.04. The molecule has 0 saturated carbocycles. The second kappa shape index (κ2) is 6.71. The van der Waals surface area contributed by atoms with Crippen LogP contribution in [0, 0.1) is 5.82 Å². The highest BCUT2D eigenvalue weighted by molar-refractivity contribution is 7.84. The van der Waals surface area contributed by atoms with Crippen molar-refractivity contribution in [3.05, 3.63) is 29.6 Å². The van der Waals surface area contributed by atoms with E-state index in [-0.39, 0.29) is 11.1 Å². The van der Waals surface area contributed by atoms with Crippen molar-refractivity contribution in [2.75, 3.05) is 19.9 Å². The van der Waals surface area contributed by atoms with Crippen molar-refractivity contribution in [2.45, 2.75) is 18.7 Å². The van der Waals surface area contributed by atoms with Crippen LogP contribution in [0.4, 0.5) is 4.39 Å². The molecule has 0 aliphatic rings. The molecule has 0 saturated heterocycles. The molecule has 1 aromatic carbocycles. The lowest BCUT2D eigenvalue weighted by Gasteiger charge is -2.10. The Kier molecular flexibility index (Phi) is 5.58. The Bertz CT molecular complexity index is 398. The molecule has 0 amide bonds. The van der Waals surface area contributed by atoms with Gasteiger partial charge in [-0.15, -0.1) is 0 Å². The van der Waals surface area contributed by atoms with E-state index < -0.39 is 10.8 Å². The highest BCUT2D eigenvalue weighted by Crippen LogP contribution is 2.15. The molecule has 2 atom stereocenters. The van der Waals surface area contributed by atoms with Crippen molar-refractivity contribution < 1.29 is 13.3 Å². The highest BCUT2D eigenvalue weighted by atomic mass is 32.2. The maximum absolute atomic E-state index is 13.5. The van der Waals surface area contributed by atoms with E-state index in [1.54, 1.807) is 18.4 Å². The first-order valence-corrected chi connectivity index (χ1v) is 7.02. The van der Waals surface area contributed by atoms with Crippen LogP contribution >= 0.6 is 0 Å². The lowest BCUT2D eigenvalue weighted by molar-refractivity contribution is 0.410. The predicted molar refractivity (Wildman–Crippen MR) is 68.2 cm³/mol. The molecular weight excluding hydrogens is 241 g/mol. The van der Waals surface area contributed by atoms with E-state index in [4.69, 9.17) is 4.74 Å². The van der Waals surface area contributed by atoms with E-state index in [0.29, 0.717) is 24.4 Å². The van der Waals surface area contributed by atoms with Crippen LogP contribution in [0.3, 0.4) is 0 Å². The fraction of sp³-hybridized carbons (Fsp3) is 0.500. The van der Waals surface area contributed by atoms with Crippen molar-refractivity contribution in [3.8, 4) is 5.75 Å². The van der Waals surface area contributed by atoms with Gasteiger partial charge >= 0.3 is 0 Å². The van der Waals surface area contributed by atoms with Crippen LogP contribution in [-0.2, 0) is 17.3 Å². The Morgan fingerprint density at radius 3 is 2.76 bits per heavy atom. The van der Waals surface area contributed by atoms with Gasteiger partial charge in [0.2, 0.25) is 0 Å². The van der Waals surface area contributed by atoms with E-state index >= 15 is 0 Å². The number of nitrogens with one attached hydrogen (secondary N) is 1. The summed E-state index contributed by atoms with van der Waals surface area (Å²) in [6.45, 7) is 2.93. The van der Waals surface area contributed by atoms with E-state index in [0.717, 1.165) is 0 Å². The number of ether oxygens (including phenoxy) is 1. The van der Waals surface area contributed by atoms with Gasteiger partial charge in [0.15, 0.2) is 0 Å². The Balaban J connectivity index is 2.49. The summed E-state index contributed by atoms with van der Waals surface area (Å²) >= 11 is 0. The van der Waals surface area contributed by atoms with Crippen molar-refractivity contribution in [3.63, 3.8) is 0 Å². The van der Waals surface area contributed by atoms with Gasteiger partial charge in [-0.3, -0.25) is 4.21 Å². The topological polar surface area (TPSA) is 38.3 Å². The van der Waals surface area contributed by atoms with Gasteiger partial charge in [0.05, 0.1) is 7.11 Å². The molecule has 0 aliphatic carbocycles. The average molecular weight is 259 g/mol. The maximum Gasteiger partial charge on any atom is 0.131 e. The normalized spacial score (nSPS) is 14.4. The van der Waals surface area contributed by atoms with Gasteiger partial charge in [0, 0.05) is 47.0 Å². The Hall–Kier alpha value is -0.940. The SMILES string of the molecule is COc1ccc(CNCC(C)S(C)=O)c(F)c1. The van der Waals surface area contributed by atoms with Crippen LogP contribution in [0.2, 0.25) is 0 Å². The molecule has 0 fully saturated rings. The minimum atomic E-state index is -0.855. The van der Waals surface area contributed by atoms with Crippen LogP contribution in [0.5, 0.6) is 5.75 Å². The zero-order valence-electron chi connectivity index (χ0n) is 10.3. The van der Waals surface area contributed by atoms with Gasteiger partial charge in [0.1, 0.15) is 11.6 Å². The summed E-state index contributed by atoms with van der Waals surface area (Å²) in [5, 5.41) is 3.15. The molecular formula is C12H18FNO2S. The van der Waals surface area contributed by atoms with Crippen molar-refractivity contribution in [2.24, 2.45) is 0 Å². The molecule has 0 heterocycles. The molecule has 0 aromatic heterocycles.